The zero-order valence-electron chi connectivity index (χ0n) is 10.6. The molecule has 1 N–H and O–H groups in total. The second kappa shape index (κ2) is 5.29. The number of nitrogens with zero attached hydrogens (tertiary/aromatic N) is 2. The molecule has 2 aromatic rings. The minimum absolute atomic E-state index is 0.0215. The van der Waals surface area contributed by atoms with E-state index >= 15 is 0 Å². The van der Waals surface area contributed by atoms with Gasteiger partial charge in [0.2, 0.25) is 0 Å². The lowest BCUT2D eigenvalue weighted by atomic mass is 10.2. The number of nitro benzene ring substituents is 1. The van der Waals surface area contributed by atoms with Gasteiger partial charge >= 0.3 is 0 Å². The summed E-state index contributed by atoms with van der Waals surface area (Å²) in [5.41, 5.74) is 0.733. The van der Waals surface area contributed by atoms with Crippen LogP contribution in [-0.2, 0) is 10.8 Å². The highest BCUT2D eigenvalue weighted by Gasteiger charge is 2.25. The van der Waals surface area contributed by atoms with Crippen LogP contribution in [0.25, 0.3) is 11.1 Å². The van der Waals surface area contributed by atoms with Gasteiger partial charge in [0.25, 0.3) is 10.9 Å². The van der Waals surface area contributed by atoms with E-state index in [4.69, 9.17) is 4.42 Å². The van der Waals surface area contributed by atoms with Crippen molar-refractivity contribution in [3.05, 3.63) is 28.3 Å². The van der Waals surface area contributed by atoms with Gasteiger partial charge in [-0.3, -0.25) is 10.1 Å². The first kappa shape index (κ1) is 13.2. The number of aromatic nitrogens is 1. The molecule has 1 aromatic heterocycles. The molecule has 1 aliphatic rings. The predicted molar refractivity (Wildman–Crippen MR) is 73.0 cm³/mol. The van der Waals surface area contributed by atoms with Crippen molar-refractivity contribution >= 4 is 27.6 Å². The third kappa shape index (κ3) is 2.44. The van der Waals surface area contributed by atoms with Gasteiger partial charge in [0, 0.05) is 18.7 Å². The van der Waals surface area contributed by atoms with E-state index in [2.05, 4.69) is 10.3 Å². The van der Waals surface area contributed by atoms with Crippen molar-refractivity contribution in [2.45, 2.75) is 23.3 Å². The maximum absolute atomic E-state index is 12.4. The molecule has 2 heterocycles. The van der Waals surface area contributed by atoms with E-state index in [0.717, 1.165) is 19.4 Å². The molecule has 0 saturated carbocycles. The summed E-state index contributed by atoms with van der Waals surface area (Å²) in [7, 11) is -1.33. The minimum atomic E-state index is -1.33. The molecule has 1 fully saturated rings. The Morgan fingerprint density at radius 1 is 1.50 bits per heavy atom. The molecule has 0 radical (unpaired) electrons. The molecule has 1 saturated heterocycles. The number of hydrogen-bond donors (Lipinski definition) is 1. The molecule has 20 heavy (non-hydrogen) atoms. The van der Waals surface area contributed by atoms with Gasteiger partial charge in [0.1, 0.15) is 16.3 Å². The van der Waals surface area contributed by atoms with Crippen LogP contribution in [0.2, 0.25) is 0 Å². The van der Waals surface area contributed by atoms with Crippen LogP contribution in [0.4, 0.5) is 5.69 Å². The zero-order valence-corrected chi connectivity index (χ0v) is 11.4. The molecular formula is C12H13N3O4S. The predicted octanol–water partition coefficient (Wildman–Crippen LogP) is 1.60. The Morgan fingerprint density at radius 2 is 2.35 bits per heavy atom. The summed E-state index contributed by atoms with van der Waals surface area (Å²) in [5.74, 6) is 0. The van der Waals surface area contributed by atoms with Crippen LogP contribution in [0.15, 0.2) is 27.8 Å². The molecule has 7 nitrogen and oxygen atoms in total. The van der Waals surface area contributed by atoms with E-state index in [0.29, 0.717) is 17.6 Å². The first-order valence-electron chi connectivity index (χ1n) is 6.31. The van der Waals surface area contributed by atoms with E-state index in [1.165, 1.54) is 18.2 Å². The smallest absolute Gasteiger partial charge is 0.288 e. The van der Waals surface area contributed by atoms with Crippen LogP contribution in [-0.4, -0.2) is 32.5 Å². The van der Waals surface area contributed by atoms with Crippen molar-refractivity contribution in [2.75, 3.05) is 13.1 Å². The van der Waals surface area contributed by atoms with E-state index in [9.17, 15) is 14.3 Å². The minimum Gasteiger partial charge on any atom is -0.430 e. The number of oxazole rings is 1. The highest BCUT2D eigenvalue weighted by Crippen LogP contribution is 2.24. The number of nitrogens with one attached hydrogen (secondary N) is 1. The second-order valence-corrected chi connectivity index (χ2v) is 6.27. The lowest BCUT2D eigenvalue weighted by Crippen LogP contribution is -2.36. The van der Waals surface area contributed by atoms with Gasteiger partial charge in [0.05, 0.1) is 10.2 Å². The Bertz CT molecular complexity index is 678. The molecular weight excluding hydrogens is 282 g/mol. The third-order valence-corrected chi connectivity index (χ3v) is 4.82. The molecule has 106 valence electrons. The fraction of sp³-hybridized carbons (Fsp3) is 0.417. The molecule has 3 rings (SSSR count). The van der Waals surface area contributed by atoms with Crippen molar-refractivity contribution < 1.29 is 13.5 Å². The Kier molecular flexibility index (Phi) is 3.49. The maximum atomic E-state index is 12.4. The zero-order chi connectivity index (χ0) is 14.1. The Morgan fingerprint density at radius 3 is 3.05 bits per heavy atom. The van der Waals surface area contributed by atoms with Crippen LogP contribution < -0.4 is 5.32 Å². The van der Waals surface area contributed by atoms with Crippen molar-refractivity contribution in [3.63, 3.8) is 0 Å². The summed E-state index contributed by atoms with van der Waals surface area (Å²) in [5, 5.41) is 14.0. The number of benzene rings is 1. The van der Waals surface area contributed by atoms with Gasteiger partial charge in [-0.2, -0.15) is 0 Å². The molecule has 0 spiro atoms. The van der Waals surface area contributed by atoms with Crippen molar-refractivity contribution in [2.24, 2.45) is 0 Å². The van der Waals surface area contributed by atoms with Crippen LogP contribution in [0, 0.1) is 10.1 Å². The van der Waals surface area contributed by atoms with E-state index in [1.807, 2.05) is 0 Å². The van der Waals surface area contributed by atoms with E-state index in [1.54, 1.807) is 0 Å². The summed E-state index contributed by atoms with van der Waals surface area (Å²) in [6.45, 7) is 1.61. The lowest BCUT2D eigenvalue weighted by Gasteiger charge is -2.20. The highest BCUT2D eigenvalue weighted by atomic mass is 32.2. The fourth-order valence-electron chi connectivity index (χ4n) is 2.24. The van der Waals surface area contributed by atoms with Crippen LogP contribution in [0.1, 0.15) is 12.8 Å². The molecule has 1 aromatic carbocycles. The van der Waals surface area contributed by atoms with Gasteiger partial charge in [-0.1, -0.05) is 0 Å². The number of piperidine rings is 1. The van der Waals surface area contributed by atoms with Gasteiger partial charge in [-0.05, 0) is 25.5 Å². The fourth-order valence-corrected chi connectivity index (χ4v) is 3.53. The summed E-state index contributed by atoms with van der Waals surface area (Å²) in [6, 6.07) is 4.17. The summed E-state index contributed by atoms with van der Waals surface area (Å²) < 4.78 is 17.8. The molecule has 0 bridgehead atoms. The second-order valence-electron chi connectivity index (χ2n) is 4.65. The average molecular weight is 295 g/mol. The SMILES string of the molecule is O=[N+]([O-])c1ccc2oc([S@@](=O)[C@H]3CCCNC3)nc2c1. The third-order valence-electron chi connectivity index (χ3n) is 3.29. The number of fused-ring (bicyclic) bond motifs is 1. The Labute approximate surface area is 117 Å². The molecule has 0 unspecified atom stereocenters. The van der Waals surface area contributed by atoms with Crippen molar-refractivity contribution in [1.29, 1.82) is 0 Å². The Hall–Kier alpha value is -1.80. The molecule has 0 aliphatic carbocycles. The van der Waals surface area contributed by atoms with E-state index in [-0.39, 0.29) is 16.2 Å². The van der Waals surface area contributed by atoms with Crippen LogP contribution in [0.5, 0.6) is 0 Å². The topological polar surface area (TPSA) is 98.3 Å². The first-order valence-corrected chi connectivity index (χ1v) is 7.53. The average Bonchev–Trinajstić information content (AvgIpc) is 2.90. The maximum Gasteiger partial charge on any atom is 0.288 e. The quantitative estimate of drug-likeness (QED) is 0.682. The van der Waals surface area contributed by atoms with Gasteiger partial charge in [0.15, 0.2) is 5.58 Å². The summed E-state index contributed by atoms with van der Waals surface area (Å²) in [6.07, 6.45) is 1.83. The van der Waals surface area contributed by atoms with Crippen molar-refractivity contribution in [3.8, 4) is 0 Å². The van der Waals surface area contributed by atoms with E-state index < -0.39 is 15.7 Å². The van der Waals surface area contributed by atoms with Gasteiger partial charge < -0.3 is 9.73 Å². The standard InChI is InChI=1S/C12H13N3O4S/c16-15(17)8-3-4-11-10(6-8)14-12(19-11)20(18)9-2-1-5-13-7-9/h3-4,6,9,13H,1-2,5,7H2/t9-,20-/m0/s1. The largest absolute Gasteiger partial charge is 0.430 e. The first-order chi connectivity index (χ1) is 9.65. The number of nitro groups is 1. The number of rotatable bonds is 3. The summed E-state index contributed by atoms with van der Waals surface area (Å²) >= 11 is 0. The normalized spacial score (nSPS) is 20.9. The monoisotopic (exact) mass is 295 g/mol. The highest BCUT2D eigenvalue weighted by molar-refractivity contribution is 7.85. The molecule has 1 aliphatic heterocycles. The molecule has 8 heteroatoms. The van der Waals surface area contributed by atoms with Gasteiger partial charge in [-0.25, -0.2) is 9.19 Å². The van der Waals surface area contributed by atoms with Crippen molar-refractivity contribution in [1.82, 2.24) is 10.3 Å². The number of non-ortho nitro benzene ring substituents is 1. The summed E-state index contributed by atoms with van der Waals surface area (Å²) in [4.78, 5) is 14.4. The molecule has 0 amide bonds. The molecule has 2 atom stereocenters. The van der Waals surface area contributed by atoms with Crippen LogP contribution >= 0.6 is 0 Å². The van der Waals surface area contributed by atoms with Gasteiger partial charge in [-0.15, -0.1) is 0 Å². The Balaban J connectivity index is 1.92. The van der Waals surface area contributed by atoms with Crippen LogP contribution in [0.3, 0.4) is 0 Å². The lowest BCUT2D eigenvalue weighted by molar-refractivity contribution is -0.384. The number of hydrogen-bond acceptors (Lipinski definition) is 6.